The van der Waals surface area contributed by atoms with Gasteiger partial charge >= 0.3 is 0 Å². The molecule has 1 aromatic rings. The van der Waals surface area contributed by atoms with E-state index in [1.807, 2.05) is 0 Å². The highest BCUT2D eigenvalue weighted by Gasteiger charge is 2.35. The second-order valence-electron chi connectivity index (χ2n) is 7.19. The number of nitrogens with zero attached hydrogens (tertiary/aromatic N) is 2. The van der Waals surface area contributed by atoms with E-state index in [4.69, 9.17) is 5.73 Å². The molecule has 3 rings (SSSR count). The molecule has 0 bridgehead atoms. The highest BCUT2D eigenvalue weighted by atomic mass is 35.5. The van der Waals surface area contributed by atoms with E-state index in [-0.39, 0.29) is 35.2 Å². The van der Waals surface area contributed by atoms with Crippen LogP contribution >= 0.6 is 12.4 Å². The van der Waals surface area contributed by atoms with Crippen molar-refractivity contribution in [2.75, 3.05) is 19.6 Å². The van der Waals surface area contributed by atoms with Crippen LogP contribution in [0.1, 0.15) is 37.1 Å². The molecule has 1 aliphatic heterocycles. The van der Waals surface area contributed by atoms with Gasteiger partial charge in [-0.1, -0.05) is 0 Å². The molecule has 0 aromatic carbocycles. The summed E-state index contributed by atoms with van der Waals surface area (Å²) in [5.41, 5.74) is 7.03. The monoisotopic (exact) mass is 405 g/mol. The van der Waals surface area contributed by atoms with E-state index in [0.29, 0.717) is 49.8 Å². The molecule has 2 aliphatic rings. The number of sulfonamides is 1. The first-order valence-corrected chi connectivity index (χ1v) is 10.3. The van der Waals surface area contributed by atoms with Gasteiger partial charge in [-0.05, 0) is 45.4 Å². The van der Waals surface area contributed by atoms with E-state index >= 15 is 0 Å². The van der Waals surface area contributed by atoms with Crippen LogP contribution in [0.2, 0.25) is 0 Å². The maximum Gasteiger partial charge on any atom is 0.246 e. The van der Waals surface area contributed by atoms with Crippen molar-refractivity contribution in [3.05, 3.63) is 11.4 Å². The highest BCUT2D eigenvalue weighted by Crippen LogP contribution is 2.31. The number of aryl methyl sites for hydroxylation is 2. The van der Waals surface area contributed by atoms with Crippen LogP contribution in [0.5, 0.6) is 0 Å². The summed E-state index contributed by atoms with van der Waals surface area (Å²) in [6, 6.07) is 0.0384. The predicted molar refractivity (Wildman–Crippen MR) is 101 cm³/mol. The molecule has 1 saturated carbocycles. The molecule has 0 spiro atoms. The molecule has 10 heteroatoms. The van der Waals surface area contributed by atoms with E-state index in [9.17, 15) is 13.2 Å². The largest absolute Gasteiger partial charge is 0.354 e. The van der Waals surface area contributed by atoms with Gasteiger partial charge < -0.3 is 11.1 Å². The lowest BCUT2D eigenvalue weighted by Crippen LogP contribution is -2.45. The molecule has 148 valence electrons. The maximum absolute atomic E-state index is 12.8. The van der Waals surface area contributed by atoms with Crippen LogP contribution in [-0.4, -0.2) is 54.5 Å². The third-order valence-electron chi connectivity index (χ3n) is 5.22. The highest BCUT2D eigenvalue weighted by molar-refractivity contribution is 7.89. The second kappa shape index (κ2) is 8.24. The van der Waals surface area contributed by atoms with Crippen molar-refractivity contribution in [1.82, 2.24) is 19.8 Å². The fraction of sp³-hybridized carbons (Fsp3) is 0.750. The van der Waals surface area contributed by atoms with Gasteiger partial charge in [0.25, 0.3) is 0 Å². The molecular weight excluding hydrogens is 378 g/mol. The topological polar surface area (TPSA) is 121 Å². The van der Waals surface area contributed by atoms with Crippen molar-refractivity contribution in [3.8, 4) is 0 Å². The van der Waals surface area contributed by atoms with Gasteiger partial charge in [-0.15, -0.1) is 12.4 Å². The number of H-pyrrole nitrogens is 1. The third kappa shape index (κ3) is 4.39. The quantitative estimate of drug-likeness (QED) is 0.643. The minimum Gasteiger partial charge on any atom is -0.354 e. The first-order valence-electron chi connectivity index (χ1n) is 8.85. The number of carbonyl (C=O) groups excluding carboxylic acids is 1. The van der Waals surface area contributed by atoms with Gasteiger partial charge in [-0.25, -0.2) is 8.42 Å². The fourth-order valence-electron chi connectivity index (χ4n) is 3.46. The average Bonchev–Trinajstić information content (AvgIpc) is 3.37. The lowest BCUT2D eigenvalue weighted by Gasteiger charge is -2.30. The molecule has 26 heavy (non-hydrogen) atoms. The summed E-state index contributed by atoms with van der Waals surface area (Å²) in [4.78, 5) is 12.5. The average molecular weight is 406 g/mol. The molecule has 2 heterocycles. The molecule has 8 nitrogen and oxygen atoms in total. The number of nitrogens with two attached hydrogens (primary N) is 1. The van der Waals surface area contributed by atoms with Crippen LogP contribution in [0.4, 0.5) is 0 Å². The van der Waals surface area contributed by atoms with Crippen molar-refractivity contribution in [2.45, 2.75) is 50.5 Å². The Kier molecular flexibility index (Phi) is 6.70. The van der Waals surface area contributed by atoms with Gasteiger partial charge in [-0.2, -0.15) is 9.40 Å². The van der Waals surface area contributed by atoms with Crippen molar-refractivity contribution < 1.29 is 13.2 Å². The normalized spacial score (nSPS) is 20.4. The Morgan fingerprint density at radius 3 is 2.42 bits per heavy atom. The second-order valence-corrected chi connectivity index (χ2v) is 9.06. The molecular formula is C16H28ClN5O3S. The van der Waals surface area contributed by atoms with E-state index in [1.54, 1.807) is 13.8 Å². The number of hydrogen-bond acceptors (Lipinski definition) is 5. The zero-order chi connectivity index (χ0) is 18.2. The Bertz CT molecular complexity index is 720. The zero-order valence-electron chi connectivity index (χ0n) is 15.2. The number of halogens is 1. The number of aromatic amines is 1. The number of piperidine rings is 1. The van der Waals surface area contributed by atoms with Gasteiger partial charge in [0.2, 0.25) is 15.9 Å². The summed E-state index contributed by atoms with van der Waals surface area (Å²) in [6.45, 7) is 4.59. The summed E-state index contributed by atoms with van der Waals surface area (Å²) in [5.74, 6) is 0.391. The molecule has 1 aliphatic carbocycles. The van der Waals surface area contributed by atoms with Gasteiger partial charge in [-0.3, -0.25) is 9.89 Å². The Labute approximate surface area is 160 Å². The van der Waals surface area contributed by atoms with Crippen molar-refractivity contribution in [1.29, 1.82) is 0 Å². The molecule has 0 radical (unpaired) electrons. The first kappa shape index (κ1) is 21.1. The Hall–Kier alpha value is -1.16. The summed E-state index contributed by atoms with van der Waals surface area (Å²) in [7, 11) is -3.57. The molecule has 1 saturated heterocycles. The van der Waals surface area contributed by atoms with Crippen LogP contribution in [0, 0.1) is 25.7 Å². The van der Waals surface area contributed by atoms with E-state index in [0.717, 1.165) is 12.8 Å². The Balaban J connectivity index is 0.00000243. The number of aromatic nitrogens is 2. The minimum atomic E-state index is -3.57. The molecule has 1 atom stereocenters. The van der Waals surface area contributed by atoms with Crippen molar-refractivity contribution >= 4 is 28.3 Å². The lowest BCUT2D eigenvalue weighted by atomic mass is 9.97. The number of nitrogens with one attached hydrogen (secondary N) is 2. The van der Waals surface area contributed by atoms with Crippen LogP contribution in [-0.2, 0) is 14.8 Å². The number of carbonyl (C=O) groups is 1. The van der Waals surface area contributed by atoms with Gasteiger partial charge in [0.1, 0.15) is 4.90 Å². The standard InChI is InChI=1S/C16H27N5O3S.ClH/c1-10-15(11(2)20-19-10)25(23,24)21-7-5-13(6-8-21)16(22)18-9-14(17)12-3-4-12;/h12-14H,3-9,17H2,1-2H3,(H,18,22)(H,19,20);1H. The Morgan fingerprint density at radius 1 is 1.31 bits per heavy atom. The number of rotatable bonds is 6. The van der Waals surface area contributed by atoms with Gasteiger partial charge in [0.05, 0.1) is 11.4 Å². The SMILES string of the molecule is Cc1n[nH]c(C)c1S(=O)(=O)N1CCC(C(=O)NCC(N)C2CC2)CC1.Cl. The van der Waals surface area contributed by atoms with Gasteiger partial charge in [0, 0.05) is 31.6 Å². The summed E-state index contributed by atoms with van der Waals surface area (Å²) in [6.07, 6.45) is 3.36. The van der Waals surface area contributed by atoms with Crippen LogP contribution < -0.4 is 11.1 Å². The minimum absolute atomic E-state index is 0. The van der Waals surface area contributed by atoms with E-state index in [2.05, 4.69) is 15.5 Å². The fourth-order valence-corrected chi connectivity index (χ4v) is 5.26. The first-order chi connectivity index (χ1) is 11.8. The summed E-state index contributed by atoms with van der Waals surface area (Å²) < 4.78 is 27.1. The molecule has 1 unspecified atom stereocenters. The van der Waals surface area contributed by atoms with E-state index < -0.39 is 10.0 Å². The zero-order valence-corrected chi connectivity index (χ0v) is 16.8. The molecule has 2 fully saturated rings. The molecule has 1 amide bonds. The van der Waals surface area contributed by atoms with E-state index in [1.165, 1.54) is 4.31 Å². The lowest BCUT2D eigenvalue weighted by molar-refractivity contribution is -0.126. The summed E-state index contributed by atoms with van der Waals surface area (Å²) >= 11 is 0. The third-order valence-corrected chi connectivity index (χ3v) is 7.39. The number of hydrogen-bond donors (Lipinski definition) is 3. The van der Waals surface area contributed by atoms with Crippen LogP contribution in [0.25, 0.3) is 0 Å². The van der Waals surface area contributed by atoms with Crippen LogP contribution in [0.3, 0.4) is 0 Å². The molecule has 4 N–H and O–H groups in total. The predicted octanol–water partition coefficient (Wildman–Crippen LogP) is 0.703. The Morgan fingerprint density at radius 2 is 1.92 bits per heavy atom. The van der Waals surface area contributed by atoms with Crippen molar-refractivity contribution in [2.24, 2.45) is 17.6 Å². The maximum atomic E-state index is 12.8. The van der Waals surface area contributed by atoms with Gasteiger partial charge in [0.15, 0.2) is 0 Å². The number of amides is 1. The van der Waals surface area contributed by atoms with Crippen LogP contribution in [0.15, 0.2) is 4.90 Å². The molecule has 1 aromatic heterocycles. The smallest absolute Gasteiger partial charge is 0.246 e. The summed E-state index contributed by atoms with van der Waals surface area (Å²) in [5, 5.41) is 9.62. The van der Waals surface area contributed by atoms with Crippen molar-refractivity contribution in [3.63, 3.8) is 0 Å².